The van der Waals surface area contributed by atoms with Crippen LogP contribution in [0.1, 0.15) is 41.2 Å². The Morgan fingerprint density at radius 1 is 1.27 bits per heavy atom. The highest BCUT2D eigenvalue weighted by molar-refractivity contribution is 5.75. The summed E-state index contributed by atoms with van der Waals surface area (Å²) < 4.78 is 8.45. The maximum Gasteiger partial charge on any atom is 0.274 e. The lowest BCUT2D eigenvalue weighted by Crippen LogP contribution is -2.26. The number of rotatable bonds is 11. The lowest BCUT2D eigenvalue weighted by Gasteiger charge is -2.24. The number of aliphatic hydroxyl groups is 1. The van der Waals surface area contributed by atoms with Crippen molar-refractivity contribution < 1.29 is 14.6 Å². The van der Waals surface area contributed by atoms with Crippen LogP contribution in [0.3, 0.4) is 0 Å². The van der Waals surface area contributed by atoms with E-state index in [1.807, 2.05) is 18.0 Å². The van der Waals surface area contributed by atoms with Gasteiger partial charge in [-0.3, -0.25) is 9.59 Å². The van der Waals surface area contributed by atoms with Crippen molar-refractivity contribution in [3.63, 3.8) is 0 Å². The fourth-order valence-corrected chi connectivity index (χ4v) is 5.40. The fraction of sp³-hybridized carbons (Fsp3) is 0.367. The highest BCUT2D eigenvalue weighted by atomic mass is 16.5. The van der Waals surface area contributed by atoms with Crippen molar-refractivity contribution >= 4 is 17.8 Å². The van der Waals surface area contributed by atoms with Crippen LogP contribution in [0.5, 0.6) is 0 Å². The van der Waals surface area contributed by atoms with Crippen molar-refractivity contribution in [2.75, 3.05) is 30.9 Å². The summed E-state index contributed by atoms with van der Waals surface area (Å²) in [7, 11) is 5.00. The molecule has 0 aromatic carbocycles. The Morgan fingerprint density at radius 3 is 2.71 bits per heavy atom. The second kappa shape index (κ2) is 11.9. The molecule has 0 unspecified atom stereocenters. The zero-order valence-electron chi connectivity index (χ0n) is 24.3. The van der Waals surface area contributed by atoms with Gasteiger partial charge in [0.25, 0.3) is 5.56 Å². The maximum absolute atomic E-state index is 12.8. The first-order valence-corrected chi connectivity index (χ1v) is 13.4. The van der Waals surface area contributed by atoms with E-state index in [9.17, 15) is 14.7 Å². The van der Waals surface area contributed by atoms with Gasteiger partial charge < -0.3 is 40.7 Å². The minimum absolute atomic E-state index is 0.171. The standard InChI is InChI=1S/C30H39N7O4/c1-30(2)14-19-12-21(17-38)37(25(19)15-30)11-10-35(3)28-23(18-39)22(8-9-33-28)20-13-24(29(40)36(4)16-20)34-26(31)6-7-27(32)41-5/h6-9,12-13,16-17,34,39H,10-11,14-15,18,31-32H2,1-5H3/b26-6+,27-7+. The first-order chi connectivity index (χ1) is 19.5. The smallest absolute Gasteiger partial charge is 0.274 e. The van der Waals surface area contributed by atoms with Crippen LogP contribution in [0.15, 0.2) is 59.2 Å². The number of hydrogen-bond donors (Lipinski definition) is 4. The Morgan fingerprint density at radius 2 is 2.02 bits per heavy atom. The van der Waals surface area contributed by atoms with Gasteiger partial charge in [0, 0.05) is 62.5 Å². The molecule has 0 aliphatic heterocycles. The molecule has 11 heteroatoms. The van der Waals surface area contributed by atoms with Crippen LogP contribution in [0.4, 0.5) is 11.5 Å². The molecule has 3 heterocycles. The molecule has 6 N–H and O–H groups in total. The Hall–Kier alpha value is -4.51. The van der Waals surface area contributed by atoms with Crippen LogP contribution in [0.25, 0.3) is 11.1 Å². The minimum atomic E-state index is -0.279. The van der Waals surface area contributed by atoms with Crippen molar-refractivity contribution in [3.05, 3.63) is 87.3 Å². The summed E-state index contributed by atoms with van der Waals surface area (Å²) in [4.78, 5) is 31.2. The number of aliphatic hydroxyl groups excluding tert-OH is 1. The quantitative estimate of drug-likeness (QED) is 0.157. The number of carbonyl (C=O) groups excluding carboxylic acids is 1. The van der Waals surface area contributed by atoms with Gasteiger partial charge in [-0.05, 0) is 53.7 Å². The highest BCUT2D eigenvalue weighted by Gasteiger charge is 2.32. The van der Waals surface area contributed by atoms with E-state index in [0.717, 1.165) is 24.7 Å². The number of aromatic nitrogens is 3. The average Bonchev–Trinajstić information content (AvgIpc) is 3.42. The van der Waals surface area contributed by atoms with E-state index in [0.29, 0.717) is 35.7 Å². The molecule has 0 radical (unpaired) electrons. The molecule has 1 aliphatic carbocycles. The molecule has 0 saturated carbocycles. The first kappa shape index (κ1) is 29.5. The van der Waals surface area contributed by atoms with Crippen molar-refractivity contribution in [3.8, 4) is 11.1 Å². The Labute approximate surface area is 239 Å². The highest BCUT2D eigenvalue weighted by Crippen LogP contribution is 2.38. The van der Waals surface area contributed by atoms with E-state index in [4.69, 9.17) is 16.2 Å². The molecule has 0 saturated heterocycles. The molecule has 41 heavy (non-hydrogen) atoms. The van der Waals surface area contributed by atoms with Crippen LogP contribution < -0.4 is 27.2 Å². The molecule has 11 nitrogen and oxygen atoms in total. The van der Waals surface area contributed by atoms with Crippen molar-refractivity contribution in [1.29, 1.82) is 0 Å². The van der Waals surface area contributed by atoms with Crippen molar-refractivity contribution in [2.45, 2.75) is 39.8 Å². The number of anilines is 2. The number of allylic oxidation sites excluding steroid dienone is 2. The molecular weight excluding hydrogens is 522 g/mol. The van der Waals surface area contributed by atoms with E-state index < -0.39 is 0 Å². The van der Waals surface area contributed by atoms with Crippen LogP contribution in [-0.2, 0) is 37.8 Å². The Bertz CT molecular complexity index is 1570. The second-order valence-electron chi connectivity index (χ2n) is 11.1. The monoisotopic (exact) mass is 561 g/mol. The molecule has 218 valence electrons. The number of likely N-dealkylation sites (N-methyl/N-ethyl adjacent to an activating group) is 1. The van der Waals surface area contributed by atoms with Gasteiger partial charge in [-0.25, -0.2) is 4.98 Å². The Balaban J connectivity index is 1.63. The summed E-state index contributed by atoms with van der Waals surface area (Å²) in [6.45, 7) is 5.41. The maximum atomic E-state index is 12.8. The van der Waals surface area contributed by atoms with Crippen LogP contribution in [0.2, 0.25) is 0 Å². The minimum Gasteiger partial charge on any atom is -0.483 e. The summed E-state index contributed by atoms with van der Waals surface area (Å²) >= 11 is 0. The molecule has 0 fully saturated rings. The van der Waals surface area contributed by atoms with Gasteiger partial charge in [0.1, 0.15) is 17.3 Å². The van der Waals surface area contributed by atoms with Crippen molar-refractivity contribution in [1.82, 2.24) is 14.1 Å². The van der Waals surface area contributed by atoms with Gasteiger partial charge in [0.15, 0.2) is 12.2 Å². The summed E-state index contributed by atoms with van der Waals surface area (Å²) in [5.74, 6) is 0.987. The lowest BCUT2D eigenvalue weighted by atomic mass is 9.90. The molecule has 3 aromatic rings. The average molecular weight is 562 g/mol. The van der Waals surface area contributed by atoms with Crippen molar-refractivity contribution in [2.24, 2.45) is 23.9 Å². The number of hydrogen-bond acceptors (Lipinski definition) is 9. The van der Waals surface area contributed by atoms with E-state index in [2.05, 4.69) is 28.7 Å². The predicted molar refractivity (Wildman–Crippen MR) is 160 cm³/mol. The normalized spacial score (nSPS) is 14.6. The largest absolute Gasteiger partial charge is 0.483 e. The van der Waals surface area contributed by atoms with Crippen LogP contribution in [0, 0.1) is 5.41 Å². The number of aldehydes is 1. The molecule has 4 rings (SSSR count). The van der Waals surface area contributed by atoms with Gasteiger partial charge in [-0.1, -0.05) is 13.8 Å². The topological polar surface area (TPSA) is 154 Å². The second-order valence-corrected chi connectivity index (χ2v) is 11.1. The predicted octanol–water partition coefficient (Wildman–Crippen LogP) is 2.47. The summed E-state index contributed by atoms with van der Waals surface area (Å²) in [6, 6.07) is 5.50. The summed E-state index contributed by atoms with van der Waals surface area (Å²) in [5.41, 5.74) is 17.0. The molecule has 0 bridgehead atoms. The zero-order valence-corrected chi connectivity index (χ0v) is 24.3. The number of carbonyl (C=O) groups is 1. The van der Waals surface area contributed by atoms with Gasteiger partial charge >= 0.3 is 0 Å². The third-order valence-corrected chi connectivity index (χ3v) is 7.41. The van der Waals surface area contributed by atoms with Crippen LogP contribution >= 0.6 is 0 Å². The van der Waals surface area contributed by atoms with Gasteiger partial charge in [0.05, 0.1) is 19.4 Å². The van der Waals surface area contributed by atoms with Crippen LogP contribution in [-0.4, -0.2) is 46.2 Å². The molecule has 1 aliphatic rings. The summed E-state index contributed by atoms with van der Waals surface area (Å²) in [6.07, 6.45) is 9.16. The third-order valence-electron chi connectivity index (χ3n) is 7.41. The number of nitrogens with two attached hydrogens (primary N) is 2. The summed E-state index contributed by atoms with van der Waals surface area (Å²) in [5, 5.41) is 13.4. The zero-order chi connectivity index (χ0) is 29.9. The van der Waals surface area contributed by atoms with Gasteiger partial charge in [-0.15, -0.1) is 0 Å². The third kappa shape index (κ3) is 6.30. The molecule has 0 atom stereocenters. The van der Waals surface area contributed by atoms with Gasteiger partial charge in [0.2, 0.25) is 0 Å². The number of fused-ring (bicyclic) bond motifs is 1. The molecule has 0 spiro atoms. The SMILES string of the molecule is CO/C(N)=C/C=C(\N)Nc1cc(-c2ccnc(N(C)CCn3c(C=O)cc4c3CC(C)(C)C4)c2CO)cn(C)c1=O. The number of nitrogens with zero attached hydrogens (tertiary/aromatic N) is 4. The van der Waals surface area contributed by atoms with E-state index in [1.54, 1.807) is 31.6 Å². The molecule has 3 aromatic heterocycles. The van der Waals surface area contributed by atoms with E-state index >= 15 is 0 Å². The Kier molecular flexibility index (Phi) is 8.57. The fourth-order valence-electron chi connectivity index (χ4n) is 5.40. The first-order valence-electron chi connectivity index (χ1n) is 13.4. The van der Waals surface area contributed by atoms with Gasteiger partial charge in [-0.2, -0.15) is 0 Å². The number of methoxy groups -OCH3 is 1. The number of ether oxygens (including phenoxy) is 1. The lowest BCUT2D eigenvalue weighted by molar-refractivity contribution is 0.111. The number of pyridine rings is 2. The molecule has 0 amide bonds. The molecular formula is C30H39N7O4. The number of aryl methyl sites for hydroxylation is 1. The number of nitrogens with one attached hydrogen (secondary N) is 1. The van der Waals surface area contributed by atoms with E-state index in [-0.39, 0.29) is 35.0 Å². The van der Waals surface area contributed by atoms with E-state index in [1.165, 1.54) is 35.1 Å².